The number of rotatable bonds is 3. The molecule has 26 heavy (non-hydrogen) atoms. The van der Waals surface area contributed by atoms with Crippen molar-refractivity contribution < 1.29 is 20.6 Å². The van der Waals surface area contributed by atoms with Crippen molar-refractivity contribution in [3.05, 3.63) is 34.9 Å². The van der Waals surface area contributed by atoms with E-state index in [0.717, 1.165) is 23.6 Å². The molecule has 0 radical (unpaired) electrons. The molecule has 3 aliphatic heterocycles. The molecule has 2 N–H and O–H groups in total. The molecule has 1 aromatic rings. The average Bonchev–Trinajstić information content (AvgIpc) is 2.88. The molecule has 8 heteroatoms. The summed E-state index contributed by atoms with van der Waals surface area (Å²) in [6.45, 7) is 3.53. The number of imide groups is 2. The molecule has 3 aliphatic rings. The average molecular weight is 357 g/mol. The van der Waals surface area contributed by atoms with Crippen LogP contribution in [0.1, 0.15) is 39.1 Å². The molecular formula is C18H20N4O4. The van der Waals surface area contributed by atoms with Crippen molar-refractivity contribution in [2.75, 3.05) is 26.2 Å². The summed E-state index contributed by atoms with van der Waals surface area (Å²) < 4.78 is 7.60. The Hall–Kier alpha value is -2.58. The fourth-order valence-electron chi connectivity index (χ4n) is 3.68. The van der Waals surface area contributed by atoms with Crippen LogP contribution in [0.5, 0.6) is 0 Å². The molecule has 0 saturated carbocycles. The number of piperidine rings is 1. The van der Waals surface area contributed by atoms with Crippen LogP contribution in [0.25, 0.3) is 0 Å². The molecule has 136 valence electrons. The fraction of sp³-hybridized carbons (Fsp3) is 0.444. The summed E-state index contributed by atoms with van der Waals surface area (Å²) in [5.41, 5.74) is 1.52. The second kappa shape index (κ2) is 6.62. The predicted octanol–water partition coefficient (Wildman–Crippen LogP) is -0.507. The van der Waals surface area contributed by atoms with Crippen molar-refractivity contribution in [3.63, 3.8) is 0 Å². The third-order valence-corrected chi connectivity index (χ3v) is 5.06. The molecule has 0 aromatic heterocycles. The summed E-state index contributed by atoms with van der Waals surface area (Å²) >= 11 is 0. The fourth-order valence-corrected chi connectivity index (χ4v) is 3.68. The van der Waals surface area contributed by atoms with Gasteiger partial charge in [-0.25, -0.2) is 0 Å². The second-order valence-electron chi connectivity index (χ2n) is 6.77. The van der Waals surface area contributed by atoms with E-state index in [9.17, 15) is 19.2 Å². The summed E-state index contributed by atoms with van der Waals surface area (Å²) in [6.07, 6.45) is 0.261. The lowest BCUT2D eigenvalue weighted by Crippen LogP contribution is -2.54. The normalized spacial score (nSPS) is 25.3. The molecule has 4 amide bonds. The van der Waals surface area contributed by atoms with Gasteiger partial charge in [0.1, 0.15) is 7.45 Å². The van der Waals surface area contributed by atoms with E-state index in [1.54, 1.807) is 12.1 Å². The highest BCUT2D eigenvalue weighted by Crippen LogP contribution is 2.28. The number of nitrogens with one attached hydrogen (secondary N) is 2. The van der Waals surface area contributed by atoms with Crippen LogP contribution in [-0.2, 0) is 16.1 Å². The number of amides is 4. The third kappa shape index (κ3) is 2.91. The van der Waals surface area contributed by atoms with Gasteiger partial charge in [0.25, 0.3) is 11.8 Å². The van der Waals surface area contributed by atoms with Gasteiger partial charge in [-0.2, -0.15) is 0 Å². The predicted molar refractivity (Wildman–Crippen MR) is 91.3 cm³/mol. The topological polar surface area (TPSA) is 98.8 Å². The van der Waals surface area contributed by atoms with Gasteiger partial charge >= 0.3 is 0 Å². The van der Waals surface area contributed by atoms with E-state index in [0.29, 0.717) is 30.8 Å². The van der Waals surface area contributed by atoms with E-state index in [1.165, 1.54) is 5.31 Å². The molecule has 1 unspecified atom stereocenters. The first-order valence-electron chi connectivity index (χ1n) is 9.19. The number of piperazine rings is 1. The number of carbonyl (C=O) groups is 4. The van der Waals surface area contributed by atoms with Crippen LogP contribution >= 0.6 is 0 Å². The number of hydrogen-bond acceptors (Lipinski definition) is 6. The molecular weight excluding hydrogens is 336 g/mol. The summed E-state index contributed by atoms with van der Waals surface area (Å²) in [6, 6.07) is 4.24. The van der Waals surface area contributed by atoms with Crippen molar-refractivity contribution in [3.8, 4) is 0 Å². The minimum atomic E-state index is -0.941. The Balaban J connectivity index is 1.53. The van der Waals surface area contributed by atoms with Gasteiger partial charge in [-0.05, 0) is 24.1 Å². The first kappa shape index (κ1) is 15.7. The maximum Gasteiger partial charge on any atom is 0.262 e. The Morgan fingerprint density at radius 3 is 2.54 bits per heavy atom. The Bertz CT molecular complexity index is 835. The van der Waals surface area contributed by atoms with Crippen LogP contribution < -0.4 is 10.6 Å². The summed E-state index contributed by atoms with van der Waals surface area (Å²) in [7, 11) is 0. The van der Waals surface area contributed by atoms with E-state index in [-0.39, 0.29) is 18.7 Å². The Kier molecular flexibility index (Phi) is 3.99. The quantitative estimate of drug-likeness (QED) is 0.707. The van der Waals surface area contributed by atoms with E-state index < -0.39 is 23.8 Å². The number of benzene rings is 1. The summed E-state index contributed by atoms with van der Waals surface area (Å²) in [5.74, 6) is -1.96. The lowest BCUT2D eigenvalue weighted by Gasteiger charge is -2.27. The van der Waals surface area contributed by atoms with E-state index >= 15 is 0 Å². The van der Waals surface area contributed by atoms with Gasteiger partial charge in [0.05, 0.1) is 11.1 Å². The second-order valence-corrected chi connectivity index (χ2v) is 6.77. The maximum atomic E-state index is 12.8. The first-order chi connectivity index (χ1) is 12.9. The van der Waals surface area contributed by atoms with Crippen molar-refractivity contribution in [1.82, 2.24) is 20.4 Å². The molecule has 3 heterocycles. The lowest BCUT2D eigenvalue weighted by molar-refractivity contribution is -0.136. The zero-order valence-electron chi connectivity index (χ0n) is 15.2. The lowest BCUT2D eigenvalue weighted by atomic mass is 10.0. The molecule has 1 atom stereocenters. The van der Waals surface area contributed by atoms with Gasteiger partial charge in [-0.3, -0.25) is 34.3 Å². The van der Waals surface area contributed by atoms with E-state index in [2.05, 4.69) is 10.2 Å². The molecule has 2 fully saturated rings. The Morgan fingerprint density at radius 1 is 1.08 bits per heavy atom. The molecule has 2 saturated heterocycles. The Labute approximate surface area is 152 Å². The first-order valence-corrected chi connectivity index (χ1v) is 8.75. The largest absolute Gasteiger partial charge is 0.314 e. The van der Waals surface area contributed by atoms with Gasteiger partial charge < -0.3 is 5.31 Å². The molecule has 1 aromatic carbocycles. The smallest absolute Gasteiger partial charge is 0.262 e. The minimum absolute atomic E-state index is 0.108. The van der Waals surface area contributed by atoms with Crippen LogP contribution in [0.4, 0.5) is 0 Å². The minimum Gasteiger partial charge on any atom is -0.314 e. The summed E-state index contributed by atoms with van der Waals surface area (Å²) in [5, 5.41) is 3.72. The highest BCUT2D eigenvalue weighted by molar-refractivity contribution is 6.23. The highest BCUT2D eigenvalue weighted by Gasteiger charge is 2.44. The van der Waals surface area contributed by atoms with Crippen molar-refractivity contribution in [2.24, 2.45) is 0 Å². The van der Waals surface area contributed by atoms with Gasteiger partial charge in [0.2, 0.25) is 11.8 Å². The zero-order valence-corrected chi connectivity index (χ0v) is 14.2. The Morgan fingerprint density at radius 2 is 1.81 bits per heavy atom. The van der Waals surface area contributed by atoms with Crippen LogP contribution in [0.2, 0.25) is 1.41 Å². The standard InChI is InChI=1S/C18H20N4O4/c23-15-4-3-14(16(24)20-15)22-17(25)12-2-1-11(9-13(12)18(22)26)10-21-7-5-19-6-8-21/h1-2,9,14,19H,3-8,10H2,(H,20,23,24)/i/hD. The number of nitrogens with zero attached hydrogens (tertiary/aromatic N) is 2. The van der Waals surface area contributed by atoms with Crippen LogP contribution in [0.3, 0.4) is 0 Å². The van der Waals surface area contributed by atoms with E-state index in [1.807, 2.05) is 6.07 Å². The highest BCUT2D eigenvalue weighted by atomic mass is 16.2. The van der Waals surface area contributed by atoms with Crippen LogP contribution in [0.15, 0.2) is 18.2 Å². The number of carbonyl (C=O) groups excluding carboxylic acids is 4. The maximum absolute atomic E-state index is 12.8. The van der Waals surface area contributed by atoms with Crippen molar-refractivity contribution >= 4 is 23.6 Å². The summed E-state index contributed by atoms with van der Waals surface area (Å²) in [4.78, 5) is 52.1. The van der Waals surface area contributed by atoms with Crippen LogP contribution in [-0.4, -0.2) is 65.6 Å². The van der Waals surface area contributed by atoms with Gasteiger partial charge in [-0.15, -0.1) is 0 Å². The van der Waals surface area contributed by atoms with E-state index in [4.69, 9.17) is 1.41 Å². The number of hydrogen-bond donors (Lipinski definition) is 2. The third-order valence-electron chi connectivity index (χ3n) is 5.06. The molecule has 4 rings (SSSR count). The molecule has 0 aliphatic carbocycles. The molecule has 0 bridgehead atoms. The zero-order chi connectivity index (χ0) is 19.1. The van der Waals surface area contributed by atoms with Gasteiger partial charge in [0, 0.05) is 39.1 Å². The van der Waals surface area contributed by atoms with Gasteiger partial charge in [-0.1, -0.05) is 6.07 Å². The monoisotopic (exact) mass is 357 g/mol. The van der Waals surface area contributed by atoms with Crippen molar-refractivity contribution in [1.29, 1.82) is 0 Å². The number of fused-ring (bicyclic) bond motifs is 1. The SMILES string of the molecule is [2H]N1CCN(Cc2ccc3c(c2)C(=O)N(C2CCC(=O)NC2=O)C3=O)CC1. The van der Waals surface area contributed by atoms with Crippen molar-refractivity contribution in [2.45, 2.75) is 25.4 Å². The van der Waals surface area contributed by atoms with Gasteiger partial charge in [0.15, 0.2) is 0 Å². The molecule has 8 nitrogen and oxygen atoms in total. The van der Waals surface area contributed by atoms with Crippen LogP contribution in [0, 0.1) is 0 Å². The molecule has 0 spiro atoms.